The maximum absolute atomic E-state index is 9.68. The molecule has 0 radical (unpaired) electrons. The molecule has 210 valence electrons. The zero-order valence-electron chi connectivity index (χ0n) is 50.4. The summed E-state index contributed by atoms with van der Waals surface area (Å²) < 4.78 is 255. The van der Waals surface area contributed by atoms with E-state index in [0.29, 0.717) is 0 Å². The fourth-order valence-corrected chi connectivity index (χ4v) is 5.11. The van der Waals surface area contributed by atoms with Crippen molar-refractivity contribution in [2.45, 2.75) is 0 Å². The Hall–Kier alpha value is -5.92. The van der Waals surface area contributed by atoms with Gasteiger partial charge in [0.1, 0.15) is 11.2 Å². The average molecular weight is 601 g/mol. The molecule has 0 saturated heterocycles. The second-order valence-corrected chi connectivity index (χ2v) is 9.51. The van der Waals surface area contributed by atoms with E-state index in [9.17, 15) is 13.7 Å². The Morgan fingerprint density at radius 2 is 0.756 bits per heavy atom. The molecule has 0 aliphatic heterocycles. The summed E-state index contributed by atoms with van der Waals surface area (Å²) in [6.45, 7) is 0. The van der Waals surface area contributed by atoms with E-state index in [1.54, 1.807) is 0 Å². The molecule has 1 heterocycles. The van der Waals surface area contributed by atoms with Gasteiger partial charge in [0.2, 0.25) is 0 Å². The van der Waals surface area contributed by atoms with Crippen LogP contribution in [-0.4, -0.2) is 0 Å². The maximum atomic E-state index is 9.68. The Morgan fingerprint density at radius 1 is 0.289 bits per heavy atom. The van der Waals surface area contributed by atoms with Gasteiger partial charge in [-0.05, 0) is 96.3 Å². The monoisotopic (exact) mass is 600 g/mol. The molecule has 1 aromatic heterocycles. The van der Waals surface area contributed by atoms with E-state index in [0.717, 1.165) is 0 Å². The number of hydrogen-bond donors (Lipinski definition) is 0. The summed E-state index contributed by atoms with van der Waals surface area (Å²) in [6, 6.07) is -26.4. The zero-order valence-corrected chi connectivity index (χ0v) is 22.4. The number of rotatable bonds is 4. The van der Waals surface area contributed by atoms with Gasteiger partial charge in [0, 0.05) is 10.8 Å². The standard InChI is InChI=1S/C44H28O/c1-3-12-29(13-4-1)31-16-11-17-33(26-31)43-36-18-7-9-20-38(36)44(39-21-10-8-19-37(39)43)34-22-24-35-40-27-32(30-14-5-2-6-15-30)23-25-41(40)45-42(35)28-34/h1-28H/i1D,2D,3D,4D,5D,6D,7D,8D,9D,10D,11D,12D,13D,14D,15D,16D,17D,18D,19D,20D,21D,22D,23D,24D,25D,26D,27D,28D. The molecule has 0 N–H and O–H groups in total. The van der Waals surface area contributed by atoms with Crippen LogP contribution in [0, 0.1) is 0 Å². The van der Waals surface area contributed by atoms with Crippen LogP contribution in [0.1, 0.15) is 38.4 Å². The lowest BCUT2D eigenvalue weighted by Gasteiger charge is -2.18. The molecule has 0 fully saturated rings. The number of furan rings is 1. The molecule has 0 aliphatic carbocycles. The summed E-state index contributed by atoms with van der Waals surface area (Å²) in [5.74, 6) is 0. The Balaban J connectivity index is 1.54. The highest BCUT2D eigenvalue weighted by molar-refractivity contribution is 6.22. The maximum Gasteiger partial charge on any atom is 0.136 e. The van der Waals surface area contributed by atoms with Crippen LogP contribution in [0.25, 0.3) is 88.0 Å². The summed E-state index contributed by atoms with van der Waals surface area (Å²) in [7, 11) is 0. The van der Waals surface area contributed by atoms with Gasteiger partial charge in [-0.25, -0.2) is 0 Å². The molecule has 8 aromatic carbocycles. The highest BCUT2D eigenvalue weighted by Crippen LogP contribution is 2.45. The second-order valence-electron chi connectivity index (χ2n) is 9.51. The van der Waals surface area contributed by atoms with Crippen LogP contribution in [0.3, 0.4) is 0 Å². The van der Waals surface area contributed by atoms with Crippen LogP contribution in [0.4, 0.5) is 0 Å². The van der Waals surface area contributed by atoms with Crippen LogP contribution in [-0.2, 0) is 0 Å². The molecular weight excluding hydrogens is 544 g/mol. The number of benzene rings is 8. The van der Waals surface area contributed by atoms with Crippen molar-refractivity contribution in [1.82, 2.24) is 0 Å². The van der Waals surface area contributed by atoms with Crippen LogP contribution >= 0.6 is 0 Å². The summed E-state index contributed by atoms with van der Waals surface area (Å²) >= 11 is 0. The predicted molar refractivity (Wildman–Crippen MR) is 190 cm³/mol. The van der Waals surface area contributed by atoms with Crippen LogP contribution in [0.5, 0.6) is 0 Å². The van der Waals surface area contributed by atoms with E-state index in [2.05, 4.69) is 0 Å². The molecule has 9 rings (SSSR count). The first-order chi connectivity index (χ1) is 34.0. The molecule has 1 nitrogen and oxygen atoms in total. The molecular formula is C44H28O. The van der Waals surface area contributed by atoms with Crippen molar-refractivity contribution in [1.29, 1.82) is 0 Å². The lowest BCUT2D eigenvalue weighted by molar-refractivity contribution is 0.669. The minimum absolute atomic E-state index is 0.518. The summed E-state index contributed by atoms with van der Waals surface area (Å²) in [4.78, 5) is 0. The third kappa shape index (κ3) is 4.24. The van der Waals surface area contributed by atoms with Gasteiger partial charge in [0.15, 0.2) is 0 Å². The van der Waals surface area contributed by atoms with Gasteiger partial charge < -0.3 is 4.42 Å². The van der Waals surface area contributed by atoms with Crippen molar-refractivity contribution in [3.63, 3.8) is 0 Å². The van der Waals surface area contributed by atoms with Gasteiger partial charge >= 0.3 is 0 Å². The third-order valence-electron chi connectivity index (χ3n) is 7.01. The van der Waals surface area contributed by atoms with E-state index >= 15 is 0 Å². The van der Waals surface area contributed by atoms with Gasteiger partial charge in [-0.1, -0.05) is 139 Å². The van der Waals surface area contributed by atoms with Crippen molar-refractivity contribution >= 4 is 43.5 Å². The lowest BCUT2D eigenvalue weighted by atomic mass is 9.85. The van der Waals surface area contributed by atoms with Crippen LogP contribution < -0.4 is 0 Å². The van der Waals surface area contributed by atoms with Crippen molar-refractivity contribution in [3.05, 3.63) is 169 Å². The smallest absolute Gasteiger partial charge is 0.136 e. The van der Waals surface area contributed by atoms with Gasteiger partial charge in [0.05, 0.1) is 38.4 Å². The molecule has 0 bridgehead atoms. The molecule has 0 spiro atoms. The first-order valence-electron chi connectivity index (χ1n) is 27.2. The molecule has 45 heavy (non-hydrogen) atoms. The number of fused-ring (bicyclic) bond motifs is 5. The highest BCUT2D eigenvalue weighted by atomic mass is 16.3. The fourth-order valence-electron chi connectivity index (χ4n) is 5.11. The molecule has 0 amide bonds. The SMILES string of the molecule is [2H]c1c([2H])c([2H])c(-c2c([2H])c([2H])c([2H])c(-c3c4c([2H])c([2H])c([2H])c([2H])c4c(-c4c([2H])c([2H])c5c(oc6c([2H])c([2H])c(-c7c([2H])c([2H])c([2H])c([2H])c7[2H])c([2H])c65)c4[2H])c4c([2H])c([2H])c([2H])c([2H])c34)c2[2H])c([2H])c1[2H]. The minimum atomic E-state index is -1.05. The highest BCUT2D eigenvalue weighted by Gasteiger charge is 2.18. The largest absolute Gasteiger partial charge is 0.456 e. The molecule has 0 atom stereocenters. The topological polar surface area (TPSA) is 13.1 Å². The quantitative estimate of drug-likeness (QED) is 0.183. The zero-order chi connectivity index (χ0) is 54.1. The second kappa shape index (κ2) is 10.4. The first kappa shape index (κ1) is 10.1. The molecule has 1 heteroatoms. The Bertz CT molecular complexity index is 3980. The van der Waals surface area contributed by atoms with Gasteiger partial charge in [-0.2, -0.15) is 0 Å². The normalized spacial score (nSPS) is 20.3. The van der Waals surface area contributed by atoms with Crippen molar-refractivity contribution in [3.8, 4) is 44.5 Å². The van der Waals surface area contributed by atoms with Crippen LogP contribution in [0.15, 0.2) is 174 Å². The molecule has 0 unspecified atom stereocenters. The van der Waals surface area contributed by atoms with Gasteiger partial charge in [-0.3, -0.25) is 0 Å². The van der Waals surface area contributed by atoms with Crippen molar-refractivity contribution in [2.24, 2.45) is 0 Å². The van der Waals surface area contributed by atoms with E-state index < -0.39 is 257 Å². The predicted octanol–water partition coefficient (Wildman–Crippen LogP) is 12.6. The lowest BCUT2D eigenvalue weighted by Crippen LogP contribution is -1.91. The van der Waals surface area contributed by atoms with Crippen LogP contribution in [0.2, 0.25) is 0 Å². The fraction of sp³-hybridized carbons (Fsp3) is 0. The Labute approximate surface area is 301 Å². The van der Waals surface area contributed by atoms with Gasteiger partial charge in [-0.15, -0.1) is 0 Å². The van der Waals surface area contributed by atoms with E-state index in [-0.39, 0.29) is 0 Å². The average Bonchev–Trinajstić information content (AvgIpc) is 3.77. The van der Waals surface area contributed by atoms with Gasteiger partial charge in [0.25, 0.3) is 0 Å². The van der Waals surface area contributed by atoms with E-state index in [1.165, 1.54) is 0 Å². The molecule has 9 aromatic rings. The van der Waals surface area contributed by atoms with E-state index in [4.69, 9.17) is 29.1 Å². The first-order valence-corrected chi connectivity index (χ1v) is 13.2. The third-order valence-corrected chi connectivity index (χ3v) is 7.01. The Kier molecular flexibility index (Phi) is 2.32. The van der Waals surface area contributed by atoms with Crippen molar-refractivity contribution in [2.75, 3.05) is 0 Å². The van der Waals surface area contributed by atoms with Crippen molar-refractivity contribution < 1.29 is 42.8 Å². The molecule has 0 saturated carbocycles. The number of hydrogen-bond acceptors (Lipinski definition) is 1. The summed E-state index contributed by atoms with van der Waals surface area (Å²) in [6.07, 6.45) is 0. The Morgan fingerprint density at radius 3 is 1.36 bits per heavy atom. The summed E-state index contributed by atoms with van der Waals surface area (Å²) in [5, 5.41) is -4.09. The van der Waals surface area contributed by atoms with E-state index in [1.807, 2.05) is 0 Å². The summed E-state index contributed by atoms with van der Waals surface area (Å²) in [5.41, 5.74) is -7.45. The minimum Gasteiger partial charge on any atom is -0.456 e. The molecule has 0 aliphatic rings.